The number of piperazine rings is 1. The van der Waals surface area contributed by atoms with Crippen LogP contribution in [-0.2, 0) is 12.4 Å². The summed E-state index contributed by atoms with van der Waals surface area (Å²) < 4.78 is 77.3. The summed E-state index contributed by atoms with van der Waals surface area (Å²) in [7, 11) is 0. The number of hydrogen-bond acceptors (Lipinski definition) is 4. The van der Waals surface area contributed by atoms with E-state index >= 15 is 0 Å². The number of alkyl halides is 6. The van der Waals surface area contributed by atoms with Crippen molar-refractivity contribution in [1.82, 2.24) is 10.2 Å². The first-order chi connectivity index (χ1) is 14.9. The molecule has 0 spiro atoms. The number of benzene rings is 2. The number of nitrogens with zero attached hydrogens (tertiary/aromatic N) is 3. The Bertz CT molecular complexity index is 952. The van der Waals surface area contributed by atoms with Crippen molar-refractivity contribution in [2.75, 3.05) is 31.1 Å². The molecule has 0 aromatic heterocycles. The lowest BCUT2D eigenvalue weighted by atomic mass is 10.1. The lowest BCUT2D eigenvalue weighted by molar-refractivity contribution is -0.138. The molecule has 0 radical (unpaired) electrons. The molecule has 0 N–H and O–H groups in total. The van der Waals surface area contributed by atoms with E-state index in [2.05, 4.69) is 0 Å². The number of hydrazine groups is 1. The molecular weight excluding hydrogens is 436 g/mol. The van der Waals surface area contributed by atoms with Gasteiger partial charge in [-0.3, -0.25) is 0 Å². The number of rotatable bonds is 4. The normalized spacial score (nSPS) is 22.5. The highest BCUT2D eigenvalue weighted by atomic mass is 19.4. The molecule has 1 aliphatic heterocycles. The van der Waals surface area contributed by atoms with Crippen LogP contribution in [0.5, 0.6) is 0 Å². The smallest absolute Gasteiger partial charge is 0.416 e. The number of hydroxylamine groups is 1. The molecule has 4 rings (SSSR count). The van der Waals surface area contributed by atoms with Gasteiger partial charge in [-0.15, -0.1) is 0 Å². The van der Waals surface area contributed by atoms with Gasteiger partial charge >= 0.3 is 12.4 Å². The van der Waals surface area contributed by atoms with Crippen molar-refractivity contribution in [2.45, 2.75) is 37.7 Å². The summed E-state index contributed by atoms with van der Waals surface area (Å²) in [6.45, 7) is 3.27. The van der Waals surface area contributed by atoms with Gasteiger partial charge < -0.3 is 15.3 Å². The predicted octanol–water partition coefficient (Wildman–Crippen LogP) is 5.43. The van der Waals surface area contributed by atoms with Crippen molar-refractivity contribution < 1.29 is 26.3 Å². The van der Waals surface area contributed by atoms with Gasteiger partial charge in [-0.05, 0) is 48.7 Å². The minimum absolute atomic E-state index is 0.126. The average Bonchev–Trinajstić information content (AvgIpc) is 3.53. The molecule has 1 aliphatic carbocycles. The van der Waals surface area contributed by atoms with Crippen LogP contribution in [0.2, 0.25) is 0 Å². The minimum atomic E-state index is -4.42. The first kappa shape index (κ1) is 22.9. The number of aryl methyl sites for hydroxylation is 1. The van der Waals surface area contributed by atoms with Gasteiger partial charge in [0.15, 0.2) is 0 Å². The maximum atomic E-state index is 13.1. The summed E-state index contributed by atoms with van der Waals surface area (Å²) in [6.07, 6.45) is -8.26. The quantitative estimate of drug-likeness (QED) is 0.452. The molecule has 0 unspecified atom stereocenters. The van der Waals surface area contributed by atoms with Crippen LogP contribution in [0.15, 0.2) is 42.5 Å². The zero-order valence-corrected chi connectivity index (χ0v) is 17.2. The summed E-state index contributed by atoms with van der Waals surface area (Å²) in [5.74, 6) is -0.126. The van der Waals surface area contributed by atoms with Gasteiger partial charge in [0, 0.05) is 43.8 Å². The van der Waals surface area contributed by atoms with E-state index in [1.807, 2.05) is 4.90 Å². The molecule has 0 amide bonds. The van der Waals surface area contributed by atoms with Crippen molar-refractivity contribution in [1.29, 1.82) is 0 Å². The molecule has 1 heterocycles. The Hall–Kier alpha value is -2.30. The summed E-state index contributed by atoms with van der Waals surface area (Å²) in [4.78, 5) is 1.84. The second-order valence-electron chi connectivity index (χ2n) is 8.27. The van der Waals surface area contributed by atoms with E-state index in [0.29, 0.717) is 43.9 Å². The van der Waals surface area contributed by atoms with E-state index in [-0.39, 0.29) is 12.0 Å². The van der Waals surface area contributed by atoms with Gasteiger partial charge in [0.25, 0.3) is 0 Å². The Balaban J connectivity index is 1.35. The molecule has 2 fully saturated rings. The maximum Gasteiger partial charge on any atom is 0.416 e. The molecule has 32 heavy (non-hydrogen) atoms. The fourth-order valence-electron chi connectivity index (χ4n) is 4.17. The first-order valence-electron chi connectivity index (χ1n) is 10.3. The molecule has 2 aliphatic rings. The second kappa shape index (κ2) is 8.24. The van der Waals surface area contributed by atoms with Gasteiger partial charge in [-0.25, -0.2) is 5.01 Å². The van der Waals surface area contributed by atoms with Crippen molar-refractivity contribution in [3.63, 3.8) is 0 Å². The fraction of sp³-hybridized carbons (Fsp3) is 0.455. The summed E-state index contributed by atoms with van der Waals surface area (Å²) in [5, 5.41) is 15.3. The Morgan fingerprint density at radius 3 is 1.97 bits per heavy atom. The standard InChI is InChI=1S/C22H22F6N3O/c1-14-2-5-17(22(26,27)28)12-19(14)29-8-10-30(11-9-29)31(32)20-13-18(20)15-3-6-16(7-4-15)21(23,24)25/h2-7,12,18,20H,8-11,13H2,1H3/q-1/t18-,20-/m0/s1. The highest BCUT2D eigenvalue weighted by Crippen LogP contribution is 2.45. The molecule has 2 atom stereocenters. The lowest BCUT2D eigenvalue weighted by Crippen LogP contribution is -2.53. The largest absolute Gasteiger partial charge is 0.771 e. The molecule has 0 bridgehead atoms. The number of halogens is 6. The Morgan fingerprint density at radius 1 is 0.844 bits per heavy atom. The molecule has 1 saturated heterocycles. The van der Waals surface area contributed by atoms with Gasteiger partial charge in [0.1, 0.15) is 0 Å². The second-order valence-corrected chi connectivity index (χ2v) is 8.27. The first-order valence-corrected chi connectivity index (χ1v) is 10.3. The van der Waals surface area contributed by atoms with Crippen LogP contribution >= 0.6 is 0 Å². The SMILES string of the molecule is Cc1ccc(C(F)(F)F)cc1N1CCN(N([O-])[C@H]2C[C@H]2c2ccc(C(F)(F)F)cc2)CC1. The molecule has 4 nitrogen and oxygen atoms in total. The van der Waals surface area contributed by atoms with E-state index in [9.17, 15) is 31.5 Å². The number of anilines is 1. The van der Waals surface area contributed by atoms with Crippen LogP contribution in [0.1, 0.15) is 34.6 Å². The van der Waals surface area contributed by atoms with Crippen molar-refractivity contribution in [3.05, 3.63) is 69.9 Å². The van der Waals surface area contributed by atoms with Crippen LogP contribution in [0.25, 0.3) is 0 Å². The van der Waals surface area contributed by atoms with Crippen LogP contribution in [0.3, 0.4) is 0 Å². The monoisotopic (exact) mass is 458 g/mol. The van der Waals surface area contributed by atoms with E-state index in [1.165, 1.54) is 18.2 Å². The maximum absolute atomic E-state index is 13.1. The van der Waals surface area contributed by atoms with Gasteiger partial charge in [0.2, 0.25) is 0 Å². The Kier molecular flexibility index (Phi) is 5.89. The molecular formula is C22H22F6N3O-. The van der Waals surface area contributed by atoms with E-state index in [1.54, 1.807) is 11.9 Å². The summed E-state index contributed by atoms with van der Waals surface area (Å²) in [6, 6.07) is 8.18. The lowest BCUT2D eigenvalue weighted by Gasteiger charge is -2.46. The third-order valence-electron chi connectivity index (χ3n) is 6.12. The molecule has 2 aromatic carbocycles. The summed E-state index contributed by atoms with van der Waals surface area (Å²) in [5.41, 5.74) is 0.504. The van der Waals surface area contributed by atoms with Crippen molar-refractivity contribution in [3.8, 4) is 0 Å². The van der Waals surface area contributed by atoms with Gasteiger partial charge in [-0.1, -0.05) is 18.2 Å². The Labute approximate surface area is 181 Å². The van der Waals surface area contributed by atoms with Gasteiger partial charge in [-0.2, -0.15) is 26.3 Å². The molecule has 10 heteroatoms. The van der Waals surface area contributed by atoms with Crippen molar-refractivity contribution in [2.24, 2.45) is 0 Å². The van der Waals surface area contributed by atoms with Crippen LogP contribution < -0.4 is 4.90 Å². The van der Waals surface area contributed by atoms with Crippen LogP contribution in [0, 0.1) is 12.1 Å². The van der Waals surface area contributed by atoms with E-state index in [4.69, 9.17) is 0 Å². The third kappa shape index (κ3) is 4.72. The molecule has 1 saturated carbocycles. The van der Waals surface area contributed by atoms with Crippen molar-refractivity contribution >= 4 is 5.69 Å². The zero-order valence-electron chi connectivity index (χ0n) is 17.2. The summed E-state index contributed by atoms with van der Waals surface area (Å²) >= 11 is 0. The zero-order chi connectivity index (χ0) is 23.3. The van der Waals surface area contributed by atoms with E-state index in [0.717, 1.165) is 35.0 Å². The topological polar surface area (TPSA) is 32.8 Å². The fourth-order valence-corrected chi connectivity index (χ4v) is 4.17. The van der Waals surface area contributed by atoms with Crippen LogP contribution in [-0.4, -0.2) is 42.4 Å². The minimum Gasteiger partial charge on any atom is -0.771 e. The predicted molar refractivity (Wildman–Crippen MR) is 108 cm³/mol. The third-order valence-corrected chi connectivity index (χ3v) is 6.12. The van der Waals surface area contributed by atoms with Gasteiger partial charge in [0.05, 0.1) is 11.1 Å². The highest BCUT2D eigenvalue weighted by Gasteiger charge is 2.42. The van der Waals surface area contributed by atoms with E-state index < -0.39 is 23.5 Å². The molecule has 2 aromatic rings. The average molecular weight is 458 g/mol. The highest BCUT2D eigenvalue weighted by molar-refractivity contribution is 5.56. The van der Waals surface area contributed by atoms with Crippen LogP contribution in [0.4, 0.5) is 32.0 Å². The Morgan fingerprint density at radius 2 is 1.41 bits per heavy atom. The number of hydrogen-bond donors (Lipinski definition) is 0. The molecule has 174 valence electrons.